The number of oxazole rings is 1. The molecule has 3 aliphatic rings. The van der Waals surface area contributed by atoms with Crippen molar-refractivity contribution in [3.63, 3.8) is 0 Å². The van der Waals surface area contributed by atoms with Crippen LogP contribution in [0.15, 0.2) is 10.7 Å². The molecule has 4 rings (SSSR count). The quantitative estimate of drug-likeness (QED) is 0.602. The molecule has 2 aliphatic heterocycles. The van der Waals surface area contributed by atoms with E-state index in [1.54, 1.807) is 6.92 Å². The Bertz CT molecular complexity index is 727. The number of rotatable bonds is 9. The van der Waals surface area contributed by atoms with Crippen molar-refractivity contribution in [3.05, 3.63) is 12.0 Å². The average Bonchev–Trinajstić information content (AvgIpc) is 3.43. The lowest BCUT2D eigenvalue weighted by atomic mass is 9.95. The summed E-state index contributed by atoms with van der Waals surface area (Å²) in [6, 6.07) is 0.244. The van der Waals surface area contributed by atoms with Crippen molar-refractivity contribution in [2.45, 2.75) is 38.7 Å². The van der Waals surface area contributed by atoms with E-state index in [1.807, 2.05) is 4.90 Å². The summed E-state index contributed by atoms with van der Waals surface area (Å²) in [4.78, 5) is 32.6. The molecule has 30 heavy (non-hydrogen) atoms. The Morgan fingerprint density at radius 1 is 1.23 bits per heavy atom. The van der Waals surface area contributed by atoms with Gasteiger partial charge in [0, 0.05) is 26.2 Å². The molecule has 1 N–H and O–H groups in total. The molecule has 3 fully saturated rings. The molecule has 3 heterocycles. The van der Waals surface area contributed by atoms with E-state index >= 15 is 0 Å². The van der Waals surface area contributed by atoms with E-state index in [-0.39, 0.29) is 36.9 Å². The van der Waals surface area contributed by atoms with Gasteiger partial charge in [0.15, 0.2) is 5.69 Å². The van der Waals surface area contributed by atoms with Crippen LogP contribution < -0.4 is 5.32 Å². The van der Waals surface area contributed by atoms with Crippen molar-refractivity contribution < 1.29 is 23.5 Å². The van der Waals surface area contributed by atoms with E-state index in [4.69, 9.17) is 13.9 Å². The van der Waals surface area contributed by atoms with Crippen molar-refractivity contribution in [3.8, 4) is 0 Å². The molecule has 1 atom stereocenters. The van der Waals surface area contributed by atoms with Gasteiger partial charge in [-0.15, -0.1) is 0 Å². The van der Waals surface area contributed by atoms with E-state index in [0.717, 1.165) is 38.4 Å². The second kappa shape index (κ2) is 9.78. The van der Waals surface area contributed by atoms with Gasteiger partial charge in [0.1, 0.15) is 12.9 Å². The SMILES string of the molecule is CCOC(=O)c1coc(NCC2CN(CC3CCN(CC4CC4)CC3)C(=O)CO2)n1. The predicted molar refractivity (Wildman–Crippen MR) is 109 cm³/mol. The lowest BCUT2D eigenvalue weighted by molar-refractivity contribution is -0.149. The predicted octanol–water partition coefficient (Wildman–Crippen LogP) is 1.61. The van der Waals surface area contributed by atoms with Crippen LogP contribution in [-0.4, -0.2) is 85.2 Å². The standard InChI is InChI=1S/C21H32N4O5/c1-2-28-20(27)18-13-30-21(23-18)22-9-17-12-25(19(26)14-29-17)11-16-5-7-24(8-6-16)10-15-3-4-15/h13,15-17H,2-12,14H2,1H3,(H,22,23). The molecule has 1 aliphatic carbocycles. The summed E-state index contributed by atoms with van der Waals surface area (Å²) in [5, 5.41) is 3.05. The molecule has 2 saturated heterocycles. The molecular formula is C21H32N4O5. The summed E-state index contributed by atoms with van der Waals surface area (Å²) >= 11 is 0. The summed E-state index contributed by atoms with van der Waals surface area (Å²) in [6.45, 7) is 7.50. The highest BCUT2D eigenvalue weighted by molar-refractivity contribution is 5.87. The van der Waals surface area contributed by atoms with Crippen LogP contribution in [0.2, 0.25) is 0 Å². The van der Waals surface area contributed by atoms with Crippen molar-refractivity contribution in [2.75, 3.05) is 57.8 Å². The fraction of sp³-hybridized carbons (Fsp3) is 0.762. The lowest BCUT2D eigenvalue weighted by Crippen LogP contribution is -2.51. The van der Waals surface area contributed by atoms with Gasteiger partial charge in [-0.25, -0.2) is 4.79 Å². The first kappa shape index (κ1) is 21.1. The number of carbonyl (C=O) groups excluding carboxylic acids is 2. The van der Waals surface area contributed by atoms with E-state index in [0.29, 0.717) is 19.0 Å². The minimum atomic E-state index is -0.511. The molecule has 166 valence electrons. The van der Waals surface area contributed by atoms with E-state index in [9.17, 15) is 9.59 Å². The number of hydrogen-bond donors (Lipinski definition) is 1. The van der Waals surface area contributed by atoms with Gasteiger partial charge in [0.25, 0.3) is 6.01 Å². The Kier molecular flexibility index (Phi) is 6.89. The third-order valence-corrected chi connectivity index (χ3v) is 6.09. The van der Waals surface area contributed by atoms with Gasteiger partial charge in [-0.3, -0.25) is 4.79 Å². The second-order valence-electron chi connectivity index (χ2n) is 8.56. The Hall–Kier alpha value is -2.13. The second-order valence-corrected chi connectivity index (χ2v) is 8.56. The third-order valence-electron chi connectivity index (χ3n) is 6.09. The van der Waals surface area contributed by atoms with Crippen molar-refractivity contribution in [2.24, 2.45) is 11.8 Å². The molecule has 0 aromatic carbocycles. The number of piperidine rings is 1. The van der Waals surface area contributed by atoms with Gasteiger partial charge in [-0.2, -0.15) is 4.98 Å². The maximum atomic E-state index is 12.3. The fourth-order valence-corrected chi connectivity index (χ4v) is 4.16. The first-order valence-electron chi connectivity index (χ1n) is 11.1. The third kappa shape index (κ3) is 5.72. The number of carbonyl (C=O) groups is 2. The molecule has 1 unspecified atom stereocenters. The van der Waals surface area contributed by atoms with E-state index in [1.165, 1.54) is 25.6 Å². The maximum absolute atomic E-state index is 12.3. The number of likely N-dealkylation sites (tertiary alicyclic amines) is 1. The van der Waals surface area contributed by atoms with Crippen LogP contribution in [0.25, 0.3) is 0 Å². The van der Waals surface area contributed by atoms with Gasteiger partial charge in [-0.05, 0) is 57.5 Å². The molecule has 0 spiro atoms. The Morgan fingerprint density at radius 3 is 2.73 bits per heavy atom. The molecule has 1 amide bonds. The highest BCUT2D eigenvalue weighted by atomic mass is 16.5. The smallest absolute Gasteiger partial charge is 0.360 e. The van der Waals surface area contributed by atoms with Crippen LogP contribution in [0.5, 0.6) is 0 Å². The van der Waals surface area contributed by atoms with Gasteiger partial charge in [0.05, 0.1) is 12.7 Å². The minimum Gasteiger partial charge on any atom is -0.461 e. The molecule has 9 heteroatoms. The largest absolute Gasteiger partial charge is 0.461 e. The number of anilines is 1. The van der Waals surface area contributed by atoms with Crippen molar-refractivity contribution in [1.29, 1.82) is 0 Å². The summed E-state index contributed by atoms with van der Waals surface area (Å²) < 4.78 is 15.8. The normalized spacial score (nSPS) is 23.6. The molecule has 1 saturated carbocycles. The van der Waals surface area contributed by atoms with E-state index in [2.05, 4.69) is 15.2 Å². The van der Waals surface area contributed by atoms with Crippen LogP contribution in [0.1, 0.15) is 43.1 Å². The van der Waals surface area contributed by atoms with Gasteiger partial charge in [0.2, 0.25) is 5.91 Å². The molecule has 1 aromatic heterocycles. The monoisotopic (exact) mass is 420 g/mol. The molecule has 9 nitrogen and oxygen atoms in total. The first-order chi connectivity index (χ1) is 14.6. The van der Waals surface area contributed by atoms with Gasteiger partial charge >= 0.3 is 5.97 Å². The van der Waals surface area contributed by atoms with E-state index < -0.39 is 5.97 Å². The van der Waals surface area contributed by atoms with Gasteiger partial charge < -0.3 is 29.0 Å². The zero-order valence-corrected chi connectivity index (χ0v) is 17.7. The average molecular weight is 421 g/mol. The first-order valence-corrected chi connectivity index (χ1v) is 11.1. The Balaban J connectivity index is 1.20. The number of ether oxygens (including phenoxy) is 2. The van der Waals surface area contributed by atoms with Crippen molar-refractivity contribution >= 4 is 17.9 Å². The Morgan fingerprint density at radius 2 is 2.00 bits per heavy atom. The number of aromatic nitrogens is 1. The van der Waals surface area contributed by atoms with Crippen LogP contribution in [0.4, 0.5) is 6.01 Å². The minimum absolute atomic E-state index is 0.0624. The van der Waals surface area contributed by atoms with Crippen LogP contribution in [-0.2, 0) is 14.3 Å². The van der Waals surface area contributed by atoms with Crippen LogP contribution >= 0.6 is 0 Å². The highest BCUT2D eigenvalue weighted by Gasteiger charge is 2.31. The lowest BCUT2D eigenvalue weighted by Gasteiger charge is -2.38. The number of amides is 1. The fourth-order valence-electron chi connectivity index (χ4n) is 4.16. The zero-order valence-electron chi connectivity index (χ0n) is 17.7. The van der Waals surface area contributed by atoms with Crippen molar-refractivity contribution in [1.82, 2.24) is 14.8 Å². The van der Waals surface area contributed by atoms with Crippen LogP contribution in [0, 0.1) is 11.8 Å². The Labute approximate surface area is 177 Å². The summed E-state index contributed by atoms with van der Waals surface area (Å²) in [6.07, 6.45) is 6.24. The molecular weight excluding hydrogens is 388 g/mol. The number of nitrogens with zero attached hydrogens (tertiary/aromatic N) is 3. The molecule has 1 aromatic rings. The maximum Gasteiger partial charge on any atom is 0.360 e. The number of esters is 1. The van der Waals surface area contributed by atoms with Crippen LogP contribution in [0.3, 0.4) is 0 Å². The summed E-state index contributed by atoms with van der Waals surface area (Å²) in [7, 11) is 0. The van der Waals surface area contributed by atoms with Gasteiger partial charge in [-0.1, -0.05) is 0 Å². The number of morpholine rings is 1. The summed E-state index contributed by atoms with van der Waals surface area (Å²) in [5.41, 5.74) is 0.133. The summed E-state index contributed by atoms with van der Waals surface area (Å²) in [5.74, 6) is 1.05. The molecule has 0 radical (unpaired) electrons. The topological polar surface area (TPSA) is 97.1 Å². The highest BCUT2D eigenvalue weighted by Crippen LogP contribution is 2.31. The molecule has 0 bridgehead atoms. The zero-order chi connectivity index (χ0) is 20.9. The number of nitrogens with one attached hydrogen (secondary N) is 1. The number of hydrogen-bond acceptors (Lipinski definition) is 8.